The largest absolute Gasteiger partial charge is 0.509 e. The summed E-state index contributed by atoms with van der Waals surface area (Å²) in [5, 5.41) is 4.72. The summed E-state index contributed by atoms with van der Waals surface area (Å²) in [7, 11) is 0. The summed E-state index contributed by atoms with van der Waals surface area (Å²) in [5.74, 6) is 1.59. The molecule has 6 aromatic carbocycles. The van der Waals surface area contributed by atoms with E-state index in [1.165, 1.54) is 35.0 Å². The predicted octanol–water partition coefficient (Wildman–Crippen LogP) is 15.2. The van der Waals surface area contributed by atoms with Crippen LogP contribution in [0.1, 0.15) is 93.9 Å². The van der Waals surface area contributed by atoms with Gasteiger partial charge < -0.3 is 48.3 Å². The van der Waals surface area contributed by atoms with Crippen molar-refractivity contribution in [2.75, 3.05) is 9.80 Å². The van der Waals surface area contributed by atoms with Crippen molar-refractivity contribution in [3.8, 4) is 57.1 Å². The second-order valence-electron chi connectivity index (χ2n) is 24.9. The number of rotatable bonds is 11. The van der Waals surface area contributed by atoms with E-state index in [1.54, 1.807) is 49.3 Å². The fourth-order valence-corrected chi connectivity index (χ4v) is 13.7. The Morgan fingerprint density at radius 3 is 1.14 bits per heavy atom. The summed E-state index contributed by atoms with van der Waals surface area (Å²) in [6.45, 7) is 19.0. The van der Waals surface area contributed by atoms with Crippen LogP contribution in [0, 0.1) is 36.9 Å². The van der Waals surface area contributed by atoms with Crippen molar-refractivity contribution in [3.05, 3.63) is 208 Å². The zero-order valence-electron chi connectivity index (χ0n) is 49.3. The molecule has 6 aromatic heterocycles. The first kappa shape index (κ1) is 58.3. The Labute approximate surface area is 531 Å². The summed E-state index contributed by atoms with van der Waals surface area (Å²) < 4.78 is 21.3. The fourth-order valence-electron chi connectivity index (χ4n) is 13.7. The maximum atomic E-state index is 6.46. The number of ether oxygens (including phenoxy) is 2. The molecule has 12 nitrogen and oxygen atoms in total. The normalized spacial score (nSPS) is 16.0. The number of piperidine rings is 2. The van der Waals surface area contributed by atoms with Gasteiger partial charge >= 0.3 is 0 Å². The van der Waals surface area contributed by atoms with E-state index in [-0.39, 0.29) is 64.3 Å². The molecule has 0 aliphatic carbocycles. The van der Waals surface area contributed by atoms with Gasteiger partial charge in [-0.3, -0.25) is 9.13 Å². The number of nitrogens with zero attached hydrogens (tertiary/aromatic N) is 10. The number of hydrogen-bond donors (Lipinski definition) is 0. The Morgan fingerprint density at radius 1 is 0.407 bits per heavy atom. The third kappa shape index (κ3) is 10.7. The fraction of sp³-hybridized carbons (Fsp3) is 0.250. The molecule has 14 rings (SSSR count). The maximum Gasteiger partial charge on any atom is 0.268 e. The zero-order valence-corrected chi connectivity index (χ0v) is 53.9. The van der Waals surface area contributed by atoms with Crippen molar-refractivity contribution in [1.82, 2.24) is 29.1 Å². The van der Waals surface area contributed by atoms with Crippen LogP contribution in [0.15, 0.2) is 171 Å². The molecule has 0 amide bonds. The number of benzene rings is 6. The molecule has 0 saturated carbocycles. The van der Waals surface area contributed by atoms with E-state index < -0.39 is 0 Å². The molecule has 0 radical (unpaired) electrons. The monoisotopic (exact) mass is 1490 g/mol. The van der Waals surface area contributed by atoms with E-state index in [9.17, 15) is 0 Å². The second-order valence-corrected chi connectivity index (χ2v) is 24.9. The van der Waals surface area contributed by atoms with Gasteiger partial charge in [-0.05, 0) is 176 Å². The Morgan fingerprint density at radius 2 is 0.756 bits per heavy atom. The average Bonchev–Trinajstić information content (AvgIpc) is 1.71. The zero-order chi connectivity index (χ0) is 57.5. The van der Waals surface area contributed by atoms with Gasteiger partial charge in [-0.15, -0.1) is 35.7 Å². The third-order valence-corrected chi connectivity index (χ3v) is 17.1. The van der Waals surface area contributed by atoms with Crippen molar-refractivity contribution < 1.29 is 60.7 Å². The molecule has 12 aromatic rings. The molecule has 2 aliphatic rings. The second kappa shape index (κ2) is 22.7. The van der Waals surface area contributed by atoms with Crippen LogP contribution in [-0.2, 0) is 42.1 Å². The molecule has 0 N–H and O–H groups in total. The molecule has 0 bridgehead atoms. The quantitative estimate of drug-likeness (QED) is 0.0934. The van der Waals surface area contributed by atoms with Crippen LogP contribution in [0.25, 0.3) is 77.7 Å². The van der Waals surface area contributed by atoms with E-state index in [0.717, 1.165) is 69.9 Å². The van der Waals surface area contributed by atoms with Crippen molar-refractivity contribution in [2.45, 2.75) is 116 Å². The minimum absolute atomic E-state index is 0. The molecule has 8 heterocycles. The molecule has 2 fully saturated rings. The van der Waals surface area contributed by atoms with Crippen LogP contribution in [0.5, 0.6) is 23.0 Å². The SMILES string of the molecule is CC1(C)CCCC(C)(C)N1c1cc2ccccc2cc1-n1[c-][n+](-c2[c-]c(Oc3[c-]c(-c4[c-]c(Oc5[c-]c(-[n+]6[c-]n(-c7cc8ccccc8cc7N7C(C)(C)CCCC7(C)C)c7ccccc76)cnc5)ccn4)ncc3)cnc2)c2ccccc21.[Pt].[Pt]. The van der Waals surface area contributed by atoms with Gasteiger partial charge in [0.05, 0.1) is 44.8 Å². The number of para-hydroxylation sites is 4. The van der Waals surface area contributed by atoms with Crippen LogP contribution >= 0.6 is 0 Å². The molecule has 2 saturated heterocycles. The first-order valence-corrected chi connectivity index (χ1v) is 29.0. The van der Waals surface area contributed by atoms with Crippen molar-refractivity contribution in [3.63, 3.8) is 0 Å². The summed E-state index contributed by atoms with van der Waals surface area (Å²) in [6.07, 6.45) is 24.4. The third-order valence-electron chi connectivity index (χ3n) is 17.1. The number of pyridine rings is 4. The van der Waals surface area contributed by atoms with Crippen LogP contribution in [0.3, 0.4) is 0 Å². The number of hydrogen-bond acceptors (Lipinski definition) is 8. The summed E-state index contributed by atoms with van der Waals surface area (Å²) in [5.41, 5.74) is 10.2. The Kier molecular flexibility index (Phi) is 15.4. The van der Waals surface area contributed by atoms with Crippen LogP contribution < -0.4 is 28.4 Å². The molecule has 86 heavy (non-hydrogen) atoms. The summed E-state index contributed by atoms with van der Waals surface area (Å²) in [4.78, 5) is 23.8. The van der Waals surface area contributed by atoms with Gasteiger partial charge in [-0.1, -0.05) is 109 Å². The van der Waals surface area contributed by atoms with Crippen LogP contribution in [0.2, 0.25) is 0 Å². The number of aromatic nitrogens is 8. The van der Waals surface area contributed by atoms with Crippen LogP contribution in [0.4, 0.5) is 11.4 Å². The Bertz CT molecular complexity index is 4210. The topological polar surface area (TPSA) is 94.1 Å². The van der Waals surface area contributed by atoms with Gasteiger partial charge in [-0.2, -0.15) is 12.1 Å². The Balaban J connectivity index is 0.00000362. The molecular weight excluding hydrogens is 1430 g/mol. The van der Waals surface area contributed by atoms with Crippen molar-refractivity contribution in [1.29, 1.82) is 0 Å². The Hall–Kier alpha value is -8.04. The van der Waals surface area contributed by atoms with Gasteiger partial charge in [0.15, 0.2) is 0 Å². The standard InChI is InChI=1S/C72H64N10O2.2Pt/c1-69(2)29-17-30-70(3,4)81(69)67-37-51-21-11-9-19-49(51)35-65(67)79-47-77(61-23-13-15-25-63(61)79)53-39-57(45-73-43-53)83-55-27-33-75-59(41-55)60-42-56(28-34-76-60)84-58-40-54(44-74-46-58)78-48-80(64-26-16-14-24-62(64)78)66-36-50-20-10-12-22-52(50)38-68(66)82-71(5,6)31-18-32-72(82,7)8;;/h9-16,19-28,33-38,43-46H,17-18,29-32H2,1-8H3;;/q-4;;. The first-order valence-electron chi connectivity index (χ1n) is 29.0. The van der Waals surface area contributed by atoms with Crippen molar-refractivity contribution >= 4 is 55.0 Å². The number of anilines is 2. The van der Waals surface area contributed by atoms with Gasteiger partial charge in [0.2, 0.25) is 0 Å². The predicted molar refractivity (Wildman–Crippen MR) is 330 cm³/mol. The van der Waals surface area contributed by atoms with Gasteiger partial charge in [0.1, 0.15) is 0 Å². The first-order chi connectivity index (χ1) is 40.6. The number of imidazole rings is 2. The molecule has 0 spiro atoms. The summed E-state index contributed by atoms with van der Waals surface area (Å²) >= 11 is 0. The van der Waals surface area contributed by atoms with E-state index in [0.29, 0.717) is 45.8 Å². The van der Waals surface area contributed by atoms with E-state index in [2.05, 4.69) is 240 Å². The molecule has 14 heteroatoms. The molecule has 2 aliphatic heterocycles. The van der Waals surface area contributed by atoms with E-state index >= 15 is 0 Å². The molecule has 438 valence electrons. The van der Waals surface area contributed by atoms with Crippen molar-refractivity contribution in [2.24, 2.45) is 0 Å². The minimum atomic E-state index is -0.0716. The minimum Gasteiger partial charge on any atom is -0.509 e. The smallest absolute Gasteiger partial charge is 0.268 e. The molecule has 0 unspecified atom stereocenters. The van der Waals surface area contributed by atoms with E-state index in [1.807, 2.05) is 21.3 Å². The molecular formula is C72H64N10O2Pt2-4. The van der Waals surface area contributed by atoms with E-state index in [4.69, 9.17) is 9.47 Å². The van der Waals surface area contributed by atoms with Gasteiger partial charge in [0, 0.05) is 87.3 Å². The number of fused-ring (bicyclic) bond motifs is 4. The molecule has 0 atom stereocenters. The average molecular weight is 1490 g/mol. The summed E-state index contributed by atoms with van der Waals surface area (Å²) in [6, 6.07) is 60.3. The van der Waals surface area contributed by atoms with Crippen LogP contribution in [-0.4, -0.2) is 51.2 Å². The maximum absolute atomic E-state index is 6.46. The van der Waals surface area contributed by atoms with Gasteiger partial charge in [0.25, 0.3) is 12.7 Å². The van der Waals surface area contributed by atoms with Gasteiger partial charge in [-0.25, -0.2) is 0 Å².